The van der Waals surface area contributed by atoms with Crippen molar-refractivity contribution in [2.75, 3.05) is 0 Å². The van der Waals surface area contributed by atoms with Crippen molar-refractivity contribution in [1.82, 2.24) is 0 Å². The lowest BCUT2D eigenvalue weighted by atomic mass is 9.98. The molecule has 0 radical (unpaired) electrons. The van der Waals surface area contributed by atoms with Crippen molar-refractivity contribution < 1.29 is 9.90 Å². The van der Waals surface area contributed by atoms with Crippen LogP contribution in [0.3, 0.4) is 0 Å². The summed E-state index contributed by atoms with van der Waals surface area (Å²) in [6.45, 7) is 0. The first-order valence-corrected chi connectivity index (χ1v) is 2.72. The van der Waals surface area contributed by atoms with Crippen LogP contribution in [0.25, 0.3) is 0 Å². The van der Waals surface area contributed by atoms with E-state index in [1.807, 2.05) is 0 Å². The van der Waals surface area contributed by atoms with Crippen LogP contribution >= 0.6 is 0 Å². The zero-order chi connectivity index (χ0) is 9.19. The van der Waals surface area contributed by atoms with Gasteiger partial charge in [0.25, 0.3) is 0 Å². The zero-order valence-electron chi connectivity index (χ0n) is 5.59. The van der Waals surface area contributed by atoms with Gasteiger partial charge in [-0.05, 0) is 5.22 Å². The molecular formula is C5HN5O2. The van der Waals surface area contributed by atoms with E-state index in [9.17, 15) is 4.79 Å². The second kappa shape index (κ2) is 2.40. The van der Waals surface area contributed by atoms with Crippen molar-refractivity contribution in [3.05, 3.63) is 0 Å². The van der Waals surface area contributed by atoms with Crippen molar-refractivity contribution in [3.8, 4) is 12.1 Å². The van der Waals surface area contributed by atoms with E-state index in [2.05, 4.69) is 15.4 Å². The lowest BCUT2D eigenvalue weighted by Gasteiger charge is -2.05. The summed E-state index contributed by atoms with van der Waals surface area (Å²) in [5, 5.41) is 34.5. The Morgan fingerprint density at radius 1 is 1.58 bits per heavy atom. The SMILES string of the molecule is N#CC1=NN=NC1(C#N)C(=O)O. The van der Waals surface area contributed by atoms with Crippen LogP contribution in [-0.4, -0.2) is 22.3 Å². The second-order valence-corrected chi connectivity index (χ2v) is 1.88. The molecule has 1 rings (SSSR count). The first kappa shape index (κ1) is 7.82. The summed E-state index contributed by atoms with van der Waals surface area (Å²) in [6, 6.07) is 2.81. The fourth-order valence-corrected chi connectivity index (χ4v) is 0.624. The summed E-state index contributed by atoms with van der Waals surface area (Å²) in [7, 11) is 0. The number of nitriles is 2. The van der Waals surface area contributed by atoms with Gasteiger partial charge < -0.3 is 5.11 Å². The molecular weight excluding hydrogens is 162 g/mol. The van der Waals surface area contributed by atoms with E-state index in [0.29, 0.717) is 0 Å². The van der Waals surface area contributed by atoms with Crippen molar-refractivity contribution in [2.45, 2.75) is 5.54 Å². The van der Waals surface area contributed by atoms with Gasteiger partial charge in [0, 0.05) is 0 Å². The van der Waals surface area contributed by atoms with Crippen LogP contribution in [0.1, 0.15) is 0 Å². The molecule has 1 heterocycles. The lowest BCUT2D eigenvalue weighted by Crippen LogP contribution is -2.40. The fourth-order valence-electron chi connectivity index (χ4n) is 0.624. The van der Waals surface area contributed by atoms with E-state index in [4.69, 9.17) is 15.6 Å². The number of hydrogen-bond donors (Lipinski definition) is 1. The molecule has 0 amide bonds. The third-order valence-electron chi connectivity index (χ3n) is 1.26. The van der Waals surface area contributed by atoms with Crippen LogP contribution in [0.5, 0.6) is 0 Å². The van der Waals surface area contributed by atoms with Crippen LogP contribution in [0, 0.1) is 22.7 Å². The van der Waals surface area contributed by atoms with Gasteiger partial charge in [0.15, 0.2) is 5.71 Å². The van der Waals surface area contributed by atoms with Crippen LogP contribution < -0.4 is 0 Å². The normalized spacial score (nSPS) is 25.7. The Morgan fingerprint density at radius 2 is 2.25 bits per heavy atom. The first-order chi connectivity index (χ1) is 5.67. The third kappa shape index (κ3) is 0.739. The van der Waals surface area contributed by atoms with Gasteiger partial charge in [-0.15, -0.1) is 10.2 Å². The minimum Gasteiger partial charge on any atom is -0.478 e. The van der Waals surface area contributed by atoms with Crippen LogP contribution in [0.15, 0.2) is 15.4 Å². The molecule has 7 nitrogen and oxygen atoms in total. The van der Waals surface area contributed by atoms with Crippen molar-refractivity contribution >= 4 is 11.7 Å². The maximum absolute atomic E-state index is 10.5. The average Bonchev–Trinajstić information content (AvgIpc) is 2.47. The Balaban J connectivity index is 3.25. The van der Waals surface area contributed by atoms with Gasteiger partial charge in [-0.2, -0.15) is 10.5 Å². The monoisotopic (exact) mass is 163 g/mol. The quantitative estimate of drug-likeness (QED) is 0.568. The maximum atomic E-state index is 10.5. The molecule has 12 heavy (non-hydrogen) atoms. The van der Waals surface area contributed by atoms with Gasteiger partial charge in [-0.1, -0.05) is 0 Å². The van der Waals surface area contributed by atoms with Crippen LogP contribution in [-0.2, 0) is 4.79 Å². The van der Waals surface area contributed by atoms with E-state index in [1.54, 1.807) is 0 Å². The predicted octanol–water partition coefficient (Wildman–Crippen LogP) is -0.321. The van der Waals surface area contributed by atoms with Gasteiger partial charge in [-0.3, -0.25) is 0 Å². The van der Waals surface area contributed by atoms with Crippen LogP contribution in [0.4, 0.5) is 0 Å². The smallest absolute Gasteiger partial charge is 0.355 e. The summed E-state index contributed by atoms with van der Waals surface area (Å²) < 4.78 is 0. The largest absolute Gasteiger partial charge is 0.478 e. The molecule has 0 aliphatic carbocycles. The standard InChI is InChI=1S/C5HN5O2/c6-1-3-5(2-7,4(11)12)9-10-8-3/h(H,11,12). The molecule has 0 saturated heterocycles. The molecule has 1 unspecified atom stereocenters. The third-order valence-corrected chi connectivity index (χ3v) is 1.26. The van der Waals surface area contributed by atoms with Gasteiger partial charge in [0.05, 0.1) is 0 Å². The van der Waals surface area contributed by atoms with Crippen molar-refractivity contribution in [2.24, 2.45) is 15.4 Å². The van der Waals surface area contributed by atoms with E-state index < -0.39 is 17.2 Å². The highest BCUT2D eigenvalue weighted by Crippen LogP contribution is 2.19. The van der Waals surface area contributed by atoms with Gasteiger partial charge >= 0.3 is 11.5 Å². The molecule has 0 aromatic heterocycles. The van der Waals surface area contributed by atoms with Crippen molar-refractivity contribution in [3.63, 3.8) is 0 Å². The Kier molecular flexibility index (Phi) is 1.56. The molecule has 58 valence electrons. The van der Waals surface area contributed by atoms with Crippen LogP contribution in [0.2, 0.25) is 0 Å². The molecule has 0 bridgehead atoms. The molecule has 0 aromatic rings. The minimum atomic E-state index is -2.23. The van der Waals surface area contributed by atoms with Gasteiger partial charge in [0.1, 0.15) is 12.1 Å². The van der Waals surface area contributed by atoms with E-state index >= 15 is 0 Å². The second-order valence-electron chi connectivity index (χ2n) is 1.88. The molecule has 1 atom stereocenters. The number of carboxylic acid groups (broad SMARTS) is 1. The zero-order valence-corrected chi connectivity index (χ0v) is 5.59. The highest BCUT2D eigenvalue weighted by atomic mass is 16.4. The molecule has 7 heteroatoms. The molecule has 1 aliphatic heterocycles. The fraction of sp³-hybridized carbons (Fsp3) is 0.200. The highest BCUT2D eigenvalue weighted by molar-refractivity contribution is 6.21. The first-order valence-electron chi connectivity index (χ1n) is 2.72. The Morgan fingerprint density at radius 3 is 2.58 bits per heavy atom. The molecule has 1 aliphatic rings. The Hall–Kier alpha value is -2.28. The number of carbonyl (C=O) groups is 1. The topological polar surface area (TPSA) is 122 Å². The van der Waals surface area contributed by atoms with E-state index in [-0.39, 0.29) is 0 Å². The molecule has 0 fully saturated rings. The summed E-state index contributed by atoms with van der Waals surface area (Å²) in [5.41, 5.74) is -2.74. The number of aliphatic carboxylic acids is 1. The molecule has 0 aromatic carbocycles. The summed E-state index contributed by atoms with van der Waals surface area (Å²) in [5.74, 6) is -1.55. The molecule has 0 spiro atoms. The number of rotatable bonds is 1. The highest BCUT2D eigenvalue weighted by Gasteiger charge is 2.48. The molecule has 1 N–H and O–H groups in total. The number of nitrogens with zero attached hydrogens (tertiary/aromatic N) is 5. The average molecular weight is 163 g/mol. The summed E-state index contributed by atoms with van der Waals surface area (Å²) in [6.07, 6.45) is 0. The minimum absolute atomic E-state index is 0.516. The lowest BCUT2D eigenvalue weighted by molar-refractivity contribution is -0.138. The summed E-state index contributed by atoms with van der Waals surface area (Å²) in [4.78, 5) is 10.5. The van der Waals surface area contributed by atoms with Gasteiger partial charge in [0.2, 0.25) is 0 Å². The maximum Gasteiger partial charge on any atom is 0.355 e. The number of hydrogen-bond acceptors (Lipinski definition) is 6. The van der Waals surface area contributed by atoms with Crippen molar-refractivity contribution in [1.29, 1.82) is 10.5 Å². The van der Waals surface area contributed by atoms with E-state index in [0.717, 1.165) is 0 Å². The van der Waals surface area contributed by atoms with E-state index in [1.165, 1.54) is 12.1 Å². The van der Waals surface area contributed by atoms with Gasteiger partial charge in [-0.25, -0.2) is 4.79 Å². The number of carboxylic acids is 1. The Bertz CT molecular complexity index is 370. The predicted molar refractivity (Wildman–Crippen MR) is 33.9 cm³/mol. The Labute approximate surface area is 66.2 Å². The summed E-state index contributed by atoms with van der Waals surface area (Å²) >= 11 is 0. The molecule has 0 saturated carbocycles.